The monoisotopic (exact) mass is 318 g/mol. The van der Waals surface area contributed by atoms with Crippen LogP contribution in [0.4, 0.5) is 5.69 Å². The normalized spacial score (nSPS) is 22.0. The zero-order chi connectivity index (χ0) is 16.1. The molecular formula is C18H26N2O3. The van der Waals surface area contributed by atoms with Gasteiger partial charge in [-0.15, -0.1) is 0 Å². The smallest absolute Gasteiger partial charge is 0.225 e. The fourth-order valence-electron chi connectivity index (χ4n) is 3.30. The lowest BCUT2D eigenvalue weighted by Crippen LogP contribution is -2.49. The Hall–Kier alpha value is -1.75. The average molecular weight is 318 g/mol. The van der Waals surface area contributed by atoms with Crippen molar-refractivity contribution >= 4 is 11.6 Å². The van der Waals surface area contributed by atoms with Crippen LogP contribution in [0.5, 0.6) is 5.75 Å². The number of hydrogen-bond acceptors (Lipinski definition) is 4. The molecule has 0 aromatic heterocycles. The maximum atomic E-state index is 12.4. The summed E-state index contributed by atoms with van der Waals surface area (Å²) in [6, 6.07) is 8.11. The molecule has 1 aromatic rings. The van der Waals surface area contributed by atoms with Gasteiger partial charge in [0.1, 0.15) is 5.75 Å². The van der Waals surface area contributed by atoms with Gasteiger partial charge in [-0.3, -0.25) is 4.79 Å². The molecule has 5 heteroatoms. The number of methoxy groups -OCH3 is 1. The van der Waals surface area contributed by atoms with Gasteiger partial charge in [-0.2, -0.15) is 0 Å². The third kappa shape index (κ3) is 4.16. The highest BCUT2D eigenvalue weighted by Gasteiger charge is 2.25. The van der Waals surface area contributed by atoms with Crippen LogP contribution in [0.3, 0.4) is 0 Å². The van der Waals surface area contributed by atoms with Crippen LogP contribution in [-0.2, 0) is 9.53 Å². The summed E-state index contributed by atoms with van der Waals surface area (Å²) in [5, 5.41) is 0. The van der Waals surface area contributed by atoms with E-state index in [9.17, 15) is 4.79 Å². The predicted molar refractivity (Wildman–Crippen MR) is 90.0 cm³/mol. The van der Waals surface area contributed by atoms with Crippen LogP contribution < -0.4 is 9.64 Å². The van der Waals surface area contributed by atoms with Crippen LogP contribution >= 0.6 is 0 Å². The molecule has 0 saturated carbocycles. The molecule has 2 saturated heterocycles. The summed E-state index contributed by atoms with van der Waals surface area (Å²) in [6.07, 6.45) is 4.02. The number of carbonyl (C=O) groups excluding carboxylic acids is 1. The molecule has 1 atom stereocenters. The second kappa shape index (κ2) is 7.68. The van der Waals surface area contributed by atoms with E-state index in [0.29, 0.717) is 6.42 Å². The SMILES string of the molecule is COc1ccc(N2CCN(C(=O)CC3CCCCO3)CC2)cc1. The van der Waals surface area contributed by atoms with Crippen LogP contribution in [0, 0.1) is 0 Å². The lowest BCUT2D eigenvalue weighted by molar-refractivity contribution is -0.135. The van der Waals surface area contributed by atoms with Gasteiger partial charge in [-0.25, -0.2) is 0 Å². The van der Waals surface area contributed by atoms with E-state index in [-0.39, 0.29) is 12.0 Å². The van der Waals surface area contributed by atoms with E-state index in [1.807, 2.05) is 17.0 Å². The molecule has 23 heavy (non-hydrogen) atoms. The minimum Gasteiger partial charge on any atom is -0.497 e. The van der Waals surface area contributed by atoms with E-state index in [2.05, 4.69) is 17.0 Å². The molecule has 1 aromatic carbocycles. The second-order valence-electron chi connectivity index (χ2n) is 6.26. The van der Waals surface area contributed by atoms with Crippen molar-refractivity contribution in [2.45, 2.75) is 31.8 Å². The van der Waals surface area contributed by atoms with E-state index in [1.165, 1.54) is 12.1 Å². The van der Waals surface area contributed by atoms with Crippen molar-refractivity contribution in [1.29, 1.82) is 0 Å². The quantitative estimate of drug-likeness (QED) is 0.854. The zero-order valence-corrected chi connectivity index (χ0v) is 13.9. The first kappa shape index (κ1) is 16.1. The summed E-state index contributed by atoms with van der Waals surface area (Å²) >= 11 is 0. The molecule has 0 aliphatic carbocycles. The number of ether oxygens (including phenoxy) is 2. The molecule has 2 aliphatic rings. The lowest BCUT2D eigenvalue weighted by atomic mass is 10.1. The van der Waals surface area contributed by atoms with Crippen molar-refractivity contribution in [3.8, 4) is 5.75 Å². The van der Waals surface area contributed by atoms with Gasteiger partial charge in [0.15, 0.2) is 0 Å². The van der Waals surface area contributed by atoms with Crippen LogP contribution in [0.25, 0.3) is 0 Å². The van der Waals surface area contributed by atoms with Gasteiger partial charge < -0.3 is 19.3 Å². The fourth-order valence-corrected chi connectivity index (χ4v) is 3.30. The summed E-state index contributed by atoms with van der Waals surface area (Å²) in [7, 11) is 1.68. The largest absolute Gasteiger partial charge is 0.497 e. The first-order valence-electron chi connectivity index (χ1n) is 8.54. The average Bonchev–Trinajstić information content (AvgIpc) is 2.63. The number of carbonyl (C=O) groups is 1. The zero-order valence-electron chi connectivity index (χ0n) is 13.9. The maximum absolute atomic E-state index is 12.4. The van der Waals surface area contributed by atoms with Crippen molar-refractivity contribution in [1.82, 2.24) is 4.90 Å². The molecule has 2 heterocycles. The Kier molecular flexibility index (Phi) is 5.39. The van der Waals surface area contributed by atoms with Gasteiger partial charge in [-0.1, -0.05) is 0 Å². The molecule has 3 rings (SSSR count). The number of rotatable bonds is 4. The number of anilines is 1. The van der Waals surface area contributed by atoms with Gasteiger partial charge >= 0.3 is 0 Å². The highest BCUT2D eigenvalue weighted by Crippen LogP contribution is 2.21. The molecule has 2 fully saturated rings. The Balaban J connectivity index is 1.48. The Morgan fingerprint density at radius 1 is 1.17 bits per heavy atom. The van der Waals surface area contributed by atoms with Gasteiger partial charge in [0, 0.05) is 38.5 Å². The lowest BCUT2D eigenvalue weighted by Gasteiger charge is -2.37. The van der Waals surface area contributed by atoms with Gasteiger partial charge in [0.2, 0.25) is 5.91 Å². The molecule has 1 amide bonds. The third-order valence-corrected chi connectivity index (χ3v) is 4.75. The van der Waals surface area contributed by atoms with E-state index in [0.717, 1.165) is 51.4 Å². The third-order valence-electron chi connectivity index (χ3n) is 4.75. The van der Waals surface area contributed by atoms with Crippen molar-refractivity contribution < 1.29 is 14.3 Å². The predicted octanol–water partition coefficient (Wildman–Crippen LogP) is 2.30. The molecule has 0 bridgehead atoms. The molecule has 0 radical (unpaired) electrons. The molecule has 1 unspecified atom stereocenters. The summed E-state index contributed by atoms with van der Waals surface area (Å²) in [5.74, 6) is 1.11. The van der Waals surface area contributed by atoms with Crippen LogP contribution in [0.15, 0.2) is 24.3 Å². The van der Waals surface area contributed by atoms with Crippen LogP contribution in [0.2, 0.25) is 0 Å². The van der Waals surface area contributed by atoms with Crippen molar-refractivity contribution in [2.24, 2.45) is 0 Å². The first-order chi connectivity index (χ1) is 11.3. The van der Waals surface area contributed by atoms with Gasteiger partial charge in [0.05, 0.1) is 19.6 Å². The molecule has 0 N–H and O–H groups in total. The summed E-state index contributed by atoms with van der Waals surface area (Å²) in [5.41, 5.74) is 1.19. The Bertz CT molecular complexity index is 504. The van der Waals surface area contributed by atoms with Crippen LogP contribution in [-0.4, -0.2) is 56.8 Å². The van der Waals surface area contributed by atoms with Gasteiger partial charge in [0.25, 0.3) is 0 Å². The molecule has 5 nitrogen and oxygen atoms in total. The fraction of sp³-hybridized carbons (Fsp3) is 0.611. The number of piperazine rings is 1. The van der Waals surface area contributed by atoms with Crippen molar-refractivity contribution in [2.75, 3.05) is 44.8 Å². The Morgan fingerprint density at radius 3 is 2.52 bits per heavy atom. The summed E-state index contributed by atoms with van der Waals surface area (Å²) in [6.45, 7) is 4.14. The summed E-state index contributed by atoms with van der Waals surface area (Å²) in [4.78, 5) is 16.7. The number of nitrogens with zero attached hydrogens (tertiary/aromatic N) is 2. The molecule has 2 aliphatic heterocycles. The molecule has 126 valence electrons. The Morgan fingerprint density at radius 2 is 1.91 bits per heavy atom. The highest BCUT2D eigenvalue weighted by atomic mass is 16.5. The van der Waals surface area contributed by atoms with Gasteiger partial charge in [-0.05, 0) is 43.5 Å². The standard InChI is InChI=1S/C18H26N2O3/c1-22-16-7-5-15(6-8-16)19-9-11-20(12-10-19)18(21)14-17-4-2-3-13-23-17/h5-8,17H,2-4,9-14H2,1H3. The Labute approximate surface area is 138 Å². The molecular weight excluding hydrogens is 292 g/mol. The minimum atomic E-state index is 0.135. The van der Waals surface area contributed by atoms with E-state index >= 15 is 0 Å². The number of benzene rings is 1. The second-order valence-corrected chi connectivity index (χ2v) is 6.26. The molecule has 0 spiro atoms. The van der Waals surface area contributed by atoms with E-state index in [1.54, 1.807) is 7.11 Å². The minimum absolute atomic E-state index is 0.135. The number of hydrogen-bond donors (Lipinski definition) is 0. The van der Waals surface area contributed by atoms with E-state index in [4.69, 9.17) is 9.47 Å². The number of amides is 1. The summed E-state index contributed by atoms with van der Waals surface area (Å²) < 4.78 is 10.9. The van der Waals surface area contributed by atoms with Crippen molar-refractivity contribution in [3.05, 3.63) is 24.3 Å². The maximum Gasteiger partial charge on any atom is 0.225 e. The topological polar surface area (TPSA) is 42.0 Å². The highest BCUT2D eigenvalue weighted by molar-refractivity contribution is 5.77. The van der Waals surface area contributed by atoms with E-state index < -0.39 is 0 Å². The van der Waals surface area contributed by atoms with Crippen LogP contribution in [0.1, 0.15) is 25.7 Å². The van der Waals surface area contributed by atoms with Crippen molar-refractivity contribution in [3.63, 3.8) is 0 Å². The first-order valence-corrected chi connectivity index (χ1v) is 8.54.